The van der Waals surface area contributed by atoms with Crippen LogP contribution >= 0.6 is 15.9 Å². The molecule has 2 aromatic rings. The molecule has 0 radical (unpaired) electrons. The Hall–Kier alpha value is -1.53. The first kappa shape index (κ1) is 14.4. The van der Waals surface area contributed by atoms with Crippen LogP contribution in [0.4, 0.5) is 10.3 Å². The zero-order valence-electron chi connectivity index (χ0n) is 11.5. The molecule has 1 saturated heterocycles. The average molecular weight is 351 g/mol. The van der Waals surface area contributed by atoms with Crippen molar-refractivity contribution < 1.29 is 4.39 Å². The maximum Gasteiger partial charge on any atom is 0.226 e. The van der Waals surface area contributed by atoms with Crippen molar-refractivity contribution in [3.63, 3.8) is 0 Å². The van der Waals surface area contributed by atoms with Crippen LogP contribution in [0.3, 0.4) is 0 Å². The summed E-state index contributed by atoms with van der Waals surface area (Å²) in [4.78, 5) is 11.1. The molecule has 21 heavy (non-hydrogen) atoms. The maximum atomic E-state index is 13.3. The summed E-state index contributed by atoms with van der Waals surface area (Å²) in [6.45, 7) is 1.54. The van der Waals surface area contributed by atoms with E-state index in [1.54, 1.807) is 18.3 Å². The average Bonchev–Trinajstić information content (AvgIpc) is 2.99. The Morgan fingerprint density at radius 3 is 3.00 bits per heavy atom. The van der Waals surface area contributed by atoms with Crippen molar-refractivity contribution >= 4 is 21.9 Å². The van der Waals surface area contributed by atoms with Gasteiger partial charge in [0.25, 0.3) is 0 Å². The molecule has 4 nitrogen and oxygen atoms in total. The second-order valence-electron chi connectivity index (χ2n) is 5.10. The minimum absolute atomic E-state index is 0.282. The van der Waals surface area contributed by atoms with E-state index in [1.165, 1.54) is 6.07 Å². The van der Waals surface area contributed by atoms with E-state index < -0.39 is 0 Å². The highest BCUT2D eigenvalue weighted by atomic mass is 79.9. The van der Waals surface area contributed by atoms with Gasteiger partial charge in [-0.3, -0.25) is 0 Å². The lowest BCUT2D eigenvalue weighted by molar-refractivity contribution is 0.621. The molecule has 2 N–H and O–H groups in total. The fourth-order valence-corrected chi connectivity index (χ4v) is 3.03. The van der Waals surface area contributed by atoms with Crippen LogP contribution in [0.5, 0.6) is 0 Å². The normalized spacial score (nSPS) is 18.2. The van der Waals surface area contributed by atoms with Crippen molar-refractivity contribution in [2.24, 2.45) is 5.73 Å². The second-order valence-corrected chi connectivity index (χ2v) is 5.95. The molecule has 1 aliphatic rings. The molecule has 1 aromatic heterocycles. The third-order valence-corrected chi connectivity index (χ3v) is 4.37. The minimum Gasteiger partial charge on any atom is -0.337 e. The number of hydrogen-bond acceptors (Lipinski definition) is 4. The lowest BCUT2D eigenvalue weighted by atomic mass is 10.1. The van der Waals surface area contributed by atoms with Gasteiger partial charge in [-0.25, -0.2) is 14.4 Å². The molecule has 1 aromatic carbocycles. The van der Waals surface area contributed by atoms with Gasteiger partial charge >= 0.3 is 0 Å². The van der Waals surface area contributed by atoms with Crippen LogP contribution < -0.4 is 10.6 Å². The fraction of sp³-hybridized carbons (Fsp3) is 0.333. The molecular weight excluding hydrogens is 335 g/mol. The zero-order valence-corrected chi connectivity index (χ0v) is 13.1. The third-order valence-electron chi connectivity index (χ3n) is 3.76. The van der Waals surface area contributed by atoms with E-state index in [1.807, 2.05) is 6.07 Å². The lowest BCUT2D eigenvalue weighted by Gasteiger charge is -2.23. The summed E-state index contributed by atoms with van der Waals surface area (Å²) in [5.41, 5.74) is 7.44. The monoisotopic (exact) mass is 350 g/mol. The predicted molar refractivity (Wildman–Crippen MR) is 84.5 cm³/mol. The Bertz CT molecular complexity index is 649. The Labute approximate surface area is 131 Å². The van der Waals surface area contributed by atoms with Crippen LogP contribution in [0.2, 0.25) is 0 Å². The molecule has 1 aliphatic heterocycles. The van der Waals surface area contributed by atoms with Gasteiger partial charge in [0.05, 0.1) is 10.2 Å². The Balaban J connectivity index is 1.94. The molecule has 0 aliphatic carbocycles. The standard InChI is InChI=1S/C15H16BrFN4/c16-12-8-10(3-4-13(12)17)14-5-6-19-15(20-14)21-7-1-2-11(21)9-18/h3-6,8,11H,1-2,7,9,18H2. The SMILES string of the molecule is NCC1CCCN1c1nccc(-c2ccc(F)c(Br)c2)n1. The minimum atomic E-state index is -0.282. The van der Waals surface area contributed by atoms with Crippen LogP contribution in [0, 0.1) is 5.82 Å². The van der Waals surface area contributed by atoms with E-state index in [-0.39, 0.29) is 5.82 Å². The molecule has 1 unspecified atom stereocenters. The highest BCUT2D eigenvalue weighted by molar-refractivity contribution is 9.10. The van der Waals surface area contributed by atoms with Gasteiger partial charge in [-0.15, -0.1) is 0 Å². The van der Waals surface area contributed by atoms with Crippen molar-refractivity contribution in [3.8, 4) is 11.3 Å². The van der Waals surface area contributed by atoms with Crippen molar-refractivity contribution in [1.29, 1.82) is 0 Å². The number of nitrogens with zero attached hydrogens (tertiary/aromatic N) is 3. The van der Waals surface area contributed by atoms with E-state index in [4.69, 9.17) is 5.73 Å². The van der Waals surface area contributed by atoms with Gasteiger partial charge in [0.15, 0.2) is 0 Å². The Morgan fingerprint density at radius 2 is 2.24 bits per heavy atom. The lowest BCUT2D eigenvalue weighted by Crippen LogP contribution is -2.36. The van der Waals surface area contributed by atoms with Crippen LogP contribution in [0.25, 0.3) is 11.3 Å². The van der Waals surface area contributed by atoms with Crippen LogP contribution in [0.15, 0.2) is 34.9 Å². The molecule has 0 amide bonds. The third kappa shape index (κ3) is 2.91. The summed E-state index contributed by atoms with van der Waals surface area (Å²) >= 11 is 3.20. The summed E-state index contributed by atoms with van der Waals surface area (Å²) in [6, 6.07) is 7.01. The fourth-order valence-electron chi connectivity index (χ4n) is 2.65. The van der Waals surface area contributed by atoms with Crippen molar-refractivity contribution in [3.05, 3.63) is 40.8 Å². The number of rotatable bonds is 3. The maximum absolute atomic E-state index is 13.3. The van der Waals surface area contributed by atoms with Crippen molar-refractivity contribution in [2.75, 3.05) is 18.0 Å². The number of anilines is 1. The highest BCUT2D eigenvalue weighted by Gasteiger charge is 2.25. The van der Waals surface area contributed by atoms with E-state index in [9.17, 15) is 4.39 Å². The predicted octanol–water partition coefficient (Wildman–Crippen LogP) is 2.97. The molecule has 0 spiro atoms. The first-order chi connectivity index (χ1) is 10.2. The second kappa shape index (κ2) is 6.07. The highest BCUT2D eigenvalue weighted by Crippen LogP contribution is 2.27. The number of hydrogen-bond donors (Lipinski definition) is 1. The molecule has 110 valence electrons. The van der Waals surface area contributed by atoms with E-state index in [0.717, 1.165) is 30.6 Å². The number of nitrogens with two attached hydrogens (primary N) is 1. The smallest absolute Gasteiger partial charge is 0.226 e. The van der Waals surface area contributed by atoms with Crippen LogP contribution in [0.1, 0.15) is 12.8 Å². The van der Waals surface area contributed by atoms with Gasteiger partial charge in [-0.1, -0.05) is 0 Å². The topological polar surface area (TPSA) is 55.0 Å². The first-order valence-corrected chi connectivity index (χ1v) is 7.73. The molecule has 0 saturated carbocycles. The summed E-state index contributed by atoms with van der Waals surface area (Å²) in [7, 11) is 0. The molecule has 6 heteroatoms. The number of benzene rings is 1. The molecule has 2 heterocycles. The van der Waals surface area contributed by atoms with Crippen LogP contribution in [-0.4, -0.2) is 29.1 Å². The summed E-state index contributed by atoms with van der Waals surface area (Å²) in [6.07, 6.45) is 3.92. The van der Waals surface area contributed by atoms with Crippen molar-refractivity contribution in [1.82, 2.24) is 9.97 Å². The van der Waals surface area contributed by atoms with E-state index in [0.29, 0.717) is 23.0 Å². The summed E-state index contributed by atoms with van der Waals surface area (Å²) in [5.74, 6) is 0.414. The molecular formula is C15H16BrFN4. The van der Waals surface area contributed by atoms with Gasteiger partial charge in [0.1, 0.15) is 5.82 Å². The van der Waals surface area contributed by atoms with Gasteiger partial charge < -0.3 is 10.6 Å². The summed E-state index contributed by atoms with van der Waals surface area (Å²) < 4.78 is 13.8. The van der Waals surface area contributed by atoms with Gasteiger partial charge in [0, 0.05) is 30.9 Å². The number of halogens is 2. The van der Waals surface area contributed by atoms with E-state index in [2.05, 4.69) is 30.8 Å². The summed E-state index contributed by atoms with van der Waals surface area (Å²) in [5, 5.41) is 0. The van der Waals surface area contributed by atoms with Crippen molar-refractivity contribution in [2.45, 2.75) is 18.9 Å². The largest absolute Gasteiger partial charge is 0.337 e. The van der Waals surface area contributed by atoms with E-state index >= 15 is 0 Å². The molecule has 3 rings (SSSR count). The van der Waals surface area contributed by atoms with Crippen LogP contribution in [-0.2, 0) is 0 Å². The number of aromatic nitrogens is 2. The Kier molecular flexibility index (Phi) is 4.17. The zero-order chi connectivity index (χ0) is 14.8. The molecule has 1 atom stereocenters. The Morgan fingerprint density at radius 1 is 1.38 bits per heavy atom. The van der Waals surface area contributed by atoms with Gasteiger partial charge in [0.2, 0.25) is 5.95 Å². The van der Waals surface area contributed by atoms with Gasteiger partial charge in [-0.2, -0.15) is 0 Å². The molecule has 0 bridgehead atoms. The van der Waals surface area contributed by atoms with Gasteiger partial charge in [-0.05, 0) is 53.0 Å². The quantitative estimate of drug-likeness (QED) is 0.924. The molecule has 1 fully saturated rings. The first-order valence-electron chi connectivity index (χ1n) is 6.94.